The van der Waals surface area contributed by atoms with Crippen LogP contribution in [0.5, 0.6) is 0 Å². The lowest BCUT2D eigenvalue weighted by Gasteiger charge is -2.30. The summed E-state index contributed by atoms with van der Waals surface area (Å²) in [7, 11) is 0. The zero-order valence-electron chi connectivity index (χ0n) is 11.7. The molecule has 0 bridgehead atoms. The molecule has 1 aliphatic rings. The van der Waals surface area contributed by atoms with Crippen LogP contribution in [0.1, 0.15) is 30.1 Å². The molecule has 1 saturated heterocycles. The molecule has 1 heterocycles. The number of benzene rings is 1. The van der Waals surface area contributed by atoms with Crippen LogP contribution in [0.4, 0.5) is 4.39 Å². The summed E-state index contributed by atoms with van der Waals surface area (Å²) in [5.41, 5.74) is 0.0974. The molecule has 1 N–H and O–H groups in total. The third-order valence-electron chi connectivity index (χ3n) is 3.63. The van der Waals surface area contributed by atoms with E-state index < -0.39 is 5.82 Å². The highest BCUT2D eigenvalue weighted by Gasteiger charge is 2.16. The van der Waals surface area contributed by atoms with Crippen LogP contribution in [0.2, 0.25) is 0 Å². The van der Waals surface area contributed by atoms with E-state index in [1.54, 1.807) is 6.07 Å². The Morgan fingerprint density at radius 1 is 1.55 bits per heavy atom. The first-order valence-electron chi connectivity index (χ1n) is 7.02. The van der Waals surface area contributed by atoms with E-state index >= 15 is 0 Å². The Morgan fingerprint density at radius 3 is 3.05 bits per heavy atom. The molecule has 1 aliphatic heterocycles. The average molecular weight is 343 g/mol. The van der Waals surface area contributed by atoms with Gasteiger partial charge in [-0.3, -0.25) is 4.79 Å². The van der Waals surface area contributed by atoms with E-state index in [9.17, 15) is 9.18 Å². The third kappa shape index (κ3) is 4.28. The Labute approximate surface area is 127 Å². The third-order valence-corrected chi connectivity index (χ3v) is 4.12. The second kappa shape index (κ2) is 7.18. The van der Waals surface area contributed by atoms with Crippen LogP contribution in [-0.4, -0.2) is 37.0 Å². The van der Waals surface area contributed by atoms with Gasteiger partial charge in [0.25, 0.3) is 5.91 Å². The van der Waals surface area contributed by atoms with Crippen molar-refractivity contribution in [2.24, 2.45) is 5.92 Å². The Balaban J connectivity index is 1.80. The van der Waals surface area contributed by atoms with Crippen molar-refractivity contribution in [2.75, 3.05) is 26.2 Å². The molecule has 0 saturated carbocycles. The predicted molar refractivity (Wildman–Crippen MR) is 81.3 cm³/mol. The molecule has 1 amide bonds. The number of carbonyl (C=O) groups excluding carboxylic acids is 1. The summed E-state index contributed by atoms with van der Waals surface area (Å²) in [5, 5.41) is 2.79. The number of amides is 1. The smallest absolute Gasteiger partial charge is 0.254 e. The van der Waals surface area contributed by atoms with Crippen molar-refractivity contribution in [3.63, 3.8) is 0 Å². The maximum absolute atomic E-state index is 13.6. The van der Waals surface area contributed by atoms with Gasteiger partial charge in [0.15, 0.2) is 0 Å². The van der Waals surface area contributed by atoms with Gasteiger partial charge in [-0.1, -0.05) is 22.9 Å². The van der Waals surface area contributed by atoms with Crippen LogP contribution in [0.25, 0.3) is 0 Å². The van der Waals surface area contributed by atoms with Gasteiger partial charge in [0.05, 0.1) is 5.56 Å². The van der Waals surface area contributed by atoms with Crippen LogP contribution < -0.4 is 5.32 Å². The topological polar surface area (TPSA) is 32.3 Å². The Morgan fingerprint density at radius 2 is 2.35 bits per heavy atom. The SMILES string of the molecule is C[C@@H]1CCCN(CCNC(=O)c2ccc(Br)cc2F)C1. The molecule has 3 nitrogen and oxygen atoms in total. The summed E-state index contributed by atoms with van der Waals surface area (Å²) in [6.07, 6.45) is 2.50. The summed E-state index contributed by atoms with van der Waals surface area (Å²) in [4.78, 5) is 14.3. The number of hydrogen-bond acceptors (Lipinski definition) is 2. The first-order chi connectivity index (χ1) is 9.56. The first kappa shape index (κ1) is 15.4. The van der Waals surface area contributed by atoms with Gasteiger partial charge < -0.3 is 10.2 Å². The van der Waals surface area contributed by atoms with Crippen LogP contribution in [-0.2, 0) is 0 Å². The van der Waals surface area contributed by atoms with E-state index in [0.717, 1.165) is 25.6 Å². The Bertz CT molecular complexity index is 481. The molecule has 0 aliphatic carbocycles. The minimum atomic E-state index is -0.497. The van der Waals surface area contributed by atoms with Crippen molar-refractivity contribution in [3.8, 4) is 0 Å². The standard InChI is InChI=1S/C15H20BrFN2O/c1-11-3-2-7-19(10-11)8-6-18-15(20)13-5-4-12(16)9-14(13)17/h4-5,9,11H,2-3,6-8,10H2,1H3,(H,18,20)/t11-/m1/s1. The minimum absolute atomic E-state index is 0.0974. The maximum Gasteiger partial charge on any atom is 0.254 e. The molecule has 110 valence electrons. The average Bonchev–Trinajstić information content (AvgIpc) is 2.38. The van der Waals surface area contributed by atoms with E-state index in [1.165, 1.54) is 25.0 Å². The molecular weight excluding hydrogens is 323 g/mol. The van der Waals surface area contributed by atoms with Crippen molar-refractivity contribution < 1.29 is 9.18 Å². The fourth-order valence-electron chi connectivity index (χ4n) is 2.59. The molecule has 1 aromatic rings. The summed E-state index contributed by atoms with van der Waals surface area (Å²) in [5.74, 6) is -0.119. The second-order valence-electron chi connectivity index (χ2n) is 5.43. The normalized spacial score (nSPS) is 19.9. The highest BCUT2D eigenvalue weighted by molar-refractivity contribution is 9.10. The maximum atomic E-state index is 13.6. The van der Waals surface area contributed by atoms with Crippen molar-refractivity contribution in [1.29, 1.82) is 0 Å². The van der Waals surface area contributed by atoms with Crippen LogP contribution in [0.15, 0.2) is 22.7 Å². The van der Waals surface area contributed by atoms with Crippen molar-refractivity contribution >= 4 is 21.8 Å². The first-order valence-corrected chi connectivity index (χ1v) is 7.81. The molecule has 5 heteroatoms. The number of nitrogens with one attached hydrogen (secondary N) is 1. The van der Waals surface area contributed by atoms with Gasteiger partial charge in [-0.25, -0.2) is 4.39 Å². The van der Waals surface area contributed by atoms with Gasteiger partial charge >= 0.3 is 0 Å². The van der Waals surface area contributed by atoms with Crippen LogP contribution in [0.3, 0.4) is 0 Å². The number of halogens is 2. The van der Waals surface area contributed by atoms with Gasteiger partial charge in [0.2, 0.25) is 0 Å². The minimum Gasteiger partial charge on any atom is -0.351 e. The molecular formula is C15H20BrFN2O. The van der Waals surface area contributed by atoms with E-state index in [2.05, 4.69) is 33.1 Å². The Hall–Kier alpha value is -0.940. The molecule has 1 aromatic carbocycles. The van der Waals surface area contributed by atoms with E-state index in [0.29, 0.717) is 11.0 Å². The van der Waals surface area contributed by atoms with Crippen LogP contribution >= 0.6 is 15.9 Å². The van der Waals surface area contributed by atoms with E-state index in [1.807, 2.05) is 0 Å². The number of carbonyl (C=O) groups is 1. The number of nitrogens with zero attached hydrogens (tertiary/aromatic N) is 1. The predicted octanol–water partition coefficient (Wildman–Crippen LogP) is 3.05. The molecule has 0 unspecified atom stereocenters. The molecule has 0 radical (unpaired) electrons. The van der Waals surface area contributed by atoms with Crippen molar-refractivity contribution in [2.45, 2.75) is 19.8 Å². The monoisotopic (exact) mass is 342 g/mol. The van der Waals surface area contributed by atoms with Gasteiger partial charge in [-0.05, 0) is 43.5 Å². The molecule has 20 heavy (non-hydrogen) atoms. The fourth-order valence-corrected chi connectivity index (χ4v) is 2.92. The van der Waals surface area contributed by atoms with Crippen molar-refractivity contribution in [3.05, 3.63) is 34.1 Å². The van der Waals surface area contributed by atoms with Gasteiger partial charge in [0, 0.05) is 24.1 Å². The van der Waals surface area contributed by atoms with E-state index in [-0.39, 0.29) is 11.5 Å². The highest BCUT2D eigenvalue weighted by atomic mass is 79.9. The summed E-state index contributed by atoms with van der Waals surface area (Å²) in [6, 6.07) is 4.48. The van der Waals surface area contributed by atoms with Gasteiger partial charge in [-0.15, -0.1) is 0 Å². The molecule has 2 rings (SSSR count). The summed E-state index contributed by atoms with van der Waals surface area (Å²) < 4.78 is 14.3. The van der Waals surface area contributed by atoms with E-state index in [4.69, 9.17) is 0 Å². The van der Waals surface area contributed by atoms with Crippen molar-refractivity contribution in [1.82, 2.24) is 10.2 Å². The molecule has 0 spiro atoms. The Kier molecular flexibility index (Phi) is 5.54. The largest absolute Gasteiger partial charge is 0.351 e. The molecule has 0 aromatic heterocycles. The number of piperidine rings is 1. The number of likely N-dealkylation sites (tertiary alicyclic amines) is 1. The highest BCUT2D eigenvalue weighted by Crippen LogP contribution is 2.16. The summed E-state index contributed by atoms with van der Waals surface area (Å²) >= 11 is 3.18. The van der Waals surface area contributed by atoms with Gasteiger partial charge in [0.1, 0.15) is 5.82 Å². The molecule has 1 atom stereocenters. The number of hydrogen-bond donors (Lipinski definition) is 1. The summed E-state index contributed by atoms with van der Waals surface area (Å²) in [6.45, 7) is 5.81. The van der Waals surface area contributed by atoms with Crippen LogP contribution in [0, 0.1) is 11.7 Å². The lowest BCUT2D eigenvalue weighted by Crippen LogP contribution is -2.40. The lowest BCUT2D eigenvalue weighted by molar-refractivity contribution is 0.0940. The quantitative estimate of drug-likeness (QED) is 0.911. The molecule has 1 fully saturated rings. The number of rotatable bonds is 4. The fraction of sp³-hybridized carbons (Fsp3) is 0.533. The zero-order chi connectivity index (χ0) is 14.5. The second-order valence-corrected chi connectivity index (χ2v) is 6.34. The van der Waals surface area contributed by atoms with Gasteiger partial charge in [-0.2, -0.15) is 0 Å². The lowest BCUT2D eigenvalue weighted by atomic mass is 10.0. The zero-order valence-corrected chi connectivity index (χ0v) is 13.2.